The summed E-state index contributed by atoms with van der Waals surface area (Å²) in [6, 6.07) is 6.78. The molecule has 1 aromatic carbocycles. The number of nitrogens with two attached hydrogens (primary N) is 1. The van der Waals surface area contributed by atoms with E-state index < -0.39 is 6.09 Å². The SMILES string of the molecule is COC(=O)CC1CCN(C(=O)c2cnc(-c3ccc(/C(N)=N\C(=O)OC)cc3)nc2OC)CC1. The van der Waals surface area contributed by atoms with Crippen molar-refractivity contribution < 1.29 is 28.6 Å². The number of amidine groups is 1. The van der Waals surface area contributed by atoms with E-state index in [-0.39, 0.29) is 35.1 Å². The zero-order valence-electron chi connectivity index (χ0n) is 19.3. The number of methoxy groups -OCH3 is 3. The zero-order valence-corrected chi connectivity index (χ0v) is 19.3. The number of esters is 1. The summed E-state index contributed by atoms with van der Waals surface area (Å²) in [5.74, 6) is 0.298. The maximum atomic E-state index is 13.1. The van der Waals surface area contributed by atoms with E-state index in [1.165, 1.54) is 27.5 Å². The summed E-state index contributed by atoms with van der Waals surface area (Å²) in [6.07, 6.45) is 2.46. The molecule has 0 saturated carbocycles. The number of carbonyl (C=O) groups excluding carboxylic acids is 3. The third kappa shape index (κ3) is 5.85. The molecule has 0 aliphatic carbocycles. The van der Waals surface area contributed by atoms with Crippen LogP contribution in [0.5, 0.6) is 5.88 Å². The summed E-state index contributed by atoms with van der Waals surface area (Å²) < 4.78 is 14.6. The van der Waals surface area contributed by atoms with Crippen molar-refractivity contribution in [2.24, 2.45) is 16.6 Å². The normalized spacial score (nSPS) is 14.4. The molecule has 2 N–H and O–H groups in total. The van der Waals surface area contributed by atoms with Crippen LogP contribution >= 0.6 is 0 Å². The average Bonchev–Trinajstić information content (AvgIpc) is 2.88. The average molecular weight is 469 g/mol. The number of hydrogen-bond acceptors (Lipinski definition) is 8. The molecule has 3 rings (SSSR count). The number of hydrogen-bond donors (Lipinski definition) is 1. The number of amides is 2. The maximum absolute atomic E-state index is 13.1. The first-order valence-electron chi connectivity index (χ1n) is 10.7. The molecule has 2 aromatic rings. The van der Waals surface area contributed by atoms with Crippen molar-refractivity contribution in [1.29, 1.82) is 0 Å². The molecule has 11 heteroatoms. The Bertz CT molecular complexity index is 1080. The minimum absolute atomic E-state index is 0.0215. The van der Waals surface area contributed by atoms with Crippen LogP contribution in [-0.2, 0) is 14.3 Å². The molecule has 1 aliphatic heterocycles. The summed E-state index contributed by atoms with van der Waals surface area (Å²) in [7, 11) is 4.03. The Morgan fingerprint density at radius 2 is 1.76 bits per heavy atom. The second kappa shape index (κ2) is 11.2. The lowest BCUT2D eigenvalue weighted by Crippen LogP contribution is -2.39. The quantitative estimate of drug-likeness (QED) is 0.381. The fourth-order valence-corrected chi connectivity index (χ4v) is 3.64. The number of carbonyl (C=O) groups is 3. The van der Waals surface area contributed by atoms with Gasteiger partial charge in [0.15, 0.2) is 5.82 Å². The van der Waals surface area contributed by atoms with Gasteiger partial charge in [0, 0.05) is 36.8 Å². The summed E-state index contributed by atoms with van der Waals surface area (Å²) in [6.45, 7) is 1.06. The fourth-order valence-electron chi connectivity index (χ4n) is 3.64. The molecule has 0 atom stereocenters. The molecule has 1 aliphatic rings. The molecule has 180 valence electrons. The van der Waals surface area contributed by atoms with Crippen LogP contribution in [0.4, 0.5) is 4.79 Å². The van der Waals surface area contributed by atoms with E-state index >= 15 is 0 Å². The first-order valence-corrected chi connectivity index (χ1v) is 10.7. The molecule has 0 radical (unpaired) electrons. The minimum Gasteiger partial charge on any atom is -0.480 e. The van der Waals surface area contributed by atoms with E-state index in [2.05, 4.69) is 19.7 Å². The van der Waals surface area contributed by atoms with Crippen LogP contribution in [-0.4, -0.2) is 73.1 Å². The number of benzene rings is 1. The Hall–Kier alpha value is -4.02. The van der Waals surface area contributed by atoms with Gasteiger partial charge in [0.25, 0.3) is 5.91 Å². The Morgan fingerprint density at radius 3 is 2.35 bits per heavy atom. The molecule has 0 bridgehead atoms. The number of aliphatic imine (C=N–C) groups is 1. The van der Waals surface area contributed by atoms with Gasteiger partial charge in [0.2, 0.25) is 5.88 Å². The van der Waals surface area contributed by atoms with Crippen LogP contribution in [0.15, 0.2) is 35.5 Å². The summed E-state index contributed by atoms with van der Waals surface area (Å²) in [5.41, 5.74) is 7.26. The largest absolute Gasteiger partial charge is 0.480 e. The topological polar surface area (TPSA) is 146 Å². The predicted octanol–water partition coefficient (Wildman–Crippen LogP) is 2.04. The maximum Gasteiger partial charge on any atom is 0.435 e. The van der Waals surface area contributed by atoms with Gasteiger partial charge in [-0.2, -0.15) is 9.98 Å². The standard InChI is InChI=1S/C23H27N5O6/c1-32-18(29)12-14-8-10-28(11-9-14)22(30)17-13-25-20(27-21(17)33-2)16-6-4-15(5-7-16)19(24)26-23(31)34-3/h4-7,13-14H,8-12H2,1-3H3,(H2,24,26,31). The van der Waals surface area contributed by atoms with Crippen LogP contribution < -0.4 is 10.5 Å². The Morgan fingerprint density at radius 1 is 1.09 bits per heavy atom. The first kappa shape index (κ1) is 24.6. The van der Waals surface area contributed by atoms with Gasteiger partial charge < -0.3 is 24.8 Å². The monoisotopic (exact) mass is 469 g/mol. The Labute approximate surface area is 196 Å². The van der Waals surface area contributed by atoms with Crippen LogP contribution in [0.3, 0.4) is 0 Å². The molecule has 1 fully saturated rings. The summed E-state index contributed by atoms with van der Waals surface area (Å²) in [5, 5.41) is 0. The number of likely N-dealkylation sites (tertiary alicyclic amines) is 1. The van der Waals surface area contributed by atoms with Crippen molar-refractivity contribution in [2.75, 3.05) is 34.4 Å². The van der Waals surface area contributed by atoms with E-state index in [1.807, 2.05) is 0 Å². The number of piperidine rings is 1. The Kier molecular flexibility index (Phi) is 8.12. The van der Waals surface area contributed by atoms with Crippen molar-refractivity contribution in [3.05, 3.63) is 41.6 Å². The highest BCUT2D eigenvalue weighted by Crippen LogP contribution is 2.26. The van der Waals surface area contributed by atoms with E-state index in [0.29, 0.717) is 36.5 Å². The third-order valence-electron chi connectivity index (χ3n) is 5.59. The van der Waals surface area contributed by atoms with Crippen LogP contribution in [0.1, 0.15) is 35.2 Å². The highest BCUT2D eigenvalue weighted by Gasteiger charge is 2.28. The van der Waals surface area contributed by atoms with Gasteiger partial charge in [-0.05, 0) is 18.8 Å². The van der Waals surface area contributed by atoms with Crippen molar-refractivity contribution in [1.82, 2.24) is 14.9 Å². The number of ether oxygens (including phenoxy) is 3. The predicted molar refractivity (Wildman–Crippen MR) is 122 cm³/mol. The molecule has 11 nitrogen and oxygen atoms in total. The molecular weight excluding hydrogens is 442 g/mol. The number of rotatable bonds is 6. The molecular formula is C23H27N5O6. The smallest absolute Gasteiger partial charge is 0.435 e. The van der Waals surface area contributed by atoms with Crippen LogP contribution in [0, 0.1) is 5.92 Å². The molecule has 1 saturated heterocycles. The van der Waals surface area contributed by atoms with Crippen LogP contribution in [0.25, 0.3) is 11.4 Å². The molecule has 1 aromatic heterocycles. The van der Waals surface area contributed by atoms with Gasteiger partial charge in [-0.25, -0.2) is 9.78 Å². The van der Waals surface area contributed by atoms with Gasteiger partial charge in [0.1, 0.15) is 11.4 Å². The summed E-state index contributed by atoms with van der Waals surface area (Å²) >= 11 is 0. The Balaban J connectivity index is 1.72. The second-order valence-corrected chi connectivity index (χ2v) is 7.68. The van der Waals surface area contributed by atoms with Gasteiger partial charge in [-0.3, -0.25) is 9.59 Å². The van der Waals surface area contributed by atoms with Crippen molar-refractivity contribution in [2.45, 2.75) is 19.3 Å². The fraction of sp³-hybridized carbons (Fsp3) is 0.391. The van der Waals surface area contributed by atoms with Crippen LogP contribution in [0.2, 0.25) is 0 Å². The van der Waals surface area contributed by atoms with Gasteiger partial charge in [-0.15, -0.1) is 0 Å². The third-order valence-corrected chi connectivity index (χ3v) is 5.59. The lowest BCUT2D eigenvalue weighted by Gasteiger charge is -2.31. The minimum atomic E-state index is -0.789. The zero-order chi connectivity index (χ0) is 24.7. The van der Waals surface area contributed by atoms with Gasteiger partial charge >= 0.3 is 12.1 Å². The number of nitrogens with zero attached hydrogens (tertiary/aromatic N) is 4. The highest BCUT2D eigenvalue weighted by molar-refractivity contribution is 6.03. The van der Waals surface area contributed by atoms with Crippen molar-refractivity contribution in [3.63, 3.8) is 0 Å². The van der Waals surface area contributed by atoms with E-state index in [4.69, 9.17) is 15.2 Å². The van der Waals surface area contributed by atoms with E-state index in [9.17, 15) is 14.4 Å². The van der Waals surface area contributed by atoms with Crippen molar-refractivity contribution >= 4 is 23.8 Å². The van der Waals surface area contributed by atoms with Gasteiger partial charge in [-0.1, -0.05) is 24.3 Å². The van der Waals surface area contributed by atoms with E-state index in [1.54, 1.807) is 29.2 Å². The first-order chi connectivity index (χ1) is 16.4. The molecule has 0 spiro atoms. The number of aromatic nitrogens is 2. The lowest BCUT2D eigenvalue weighted by atomic mass is 9.93. The molecule has 2 heterocycles. The molecule has 34 heavy (non-hydrogen) atoms. The summed E-state index contributed by atoms with van der Waals surface area (Å²) in [4.78, 5) is 49.9. The molecule has 0 unspecified atom stereocenters. The van der Waals surface area contributed by atoms with E-state index in [0.717, 1.165) is 12.8 Å². The van der Waals surface area contributed by atoms with Gasteiger partial charge in [0.05, 0.1) is 21.3 Å². The van der Waals surface area contributed by atoms with Crippen molar-refractivity contribution in [3.8, 4) is 17.3 Å². The lowest BCUT2D eigenvalue weighted by molar-refractivity contribution is -0.142. The highest BCUT2D eigenvalue weighted by atomic mass is 16.5. The molecule has 2 amide bonds. The second-order valence-electron chi connectivity index (χ2n) is 7.68.